The van der Waals surface area contributed by atoms with Crippen molar-refractivity contribution < 1.29 is 22.7 Å². The largest absolute Gasteiger partial charge is 0.507 e. The Kier molecular flexibility index (Phi) is 13.6. The number of nitrogens with one attached hydrogen (secondary N) is 1. The van der Waals surface area contributed by atoms with Crippen LogP contribution in [0.3, 0.4) is 0 Å². The van der Waals surface area contributed by atoms with E-state index in [1.807, 2.05) is 26.0 Å². The van der Waals surface area contributed by atoms with Crippen LogP contribution in [-0.2, 0) is 6.18 Å². The number of aromatic hydroxyl groups is 1. The van der Waals surface area contributed by atoms with Crippen LogP contribution in [0.4, 0.5) is 17.6 Å². The van der Waals surface area contributed by atoms with Crippen molar-refractivity contribution in [2.75, 3.05) is 6.54 Å². The van der Waals surface area contributed by atoms with E-state index in [2.05, 4.69) is 31.1 Å². The van der Waals surface area contributed by atoms with Crippen molar-refractivity contribution in [3.05, 3.63) is 64.7 Å². The summed E-state index contributed by atoms with van der Waals surface area (Å²) in [6.45, 7) is 12.4. The molecular weight excluding hydrogens is 468 g/mol. The second kappa shape index (κ2) is 15.5. The summed E-state index contributed by atoms with van der Waals surface area (Å²) in [5.74, 6) is -1.35. The monoisotopic (exact) mass is 510 g/mol. The molecule has 202 valence electrons. The summed E-state index contributed by atoms with van der Waals surface area (Å²) in [6.07, 6.45) is 8.78. The van der Waals surface area contributed by atoms with Crippen molar-refractivity contribution in [1.29, 1.82) is 0 Å². The highest BCUT2D eigenvalue weighted by molar-refractivity contribution is 6.14. The number of phenolic OH excluding ortho intramolecular Hbond substituents is 1. The van der Waals surface area contributed by atoms with Crippen molar-refractivity contribution in [3.63, 3.8) is 0 Å². The Labute approximate surface area is 214 Å². The van der Waals surface area contributed by atoms with E-state index in [0.717, 1.165) is 44.2 Å². The van der Waals surface area contributed by atoms with Gasteiger partial charge in [0.05, 0.1) is 23.4 Å². The molecule has 0 heterocycles. The van der Waals surface area contributed by atoms with Gasteiger partial charge in [0.15, 0.2) is 0 Å². The number of unbranched alkanes of at least 4 members (excludes halogenated alkanes) is 1. The summed E-state index contributed by atoms with van der Waals surface area (Å²) in [5, 5.41) is 13.9. The molecule has 0 saturated heterocycles. The zero-order chi connectivity index (χ0) is 27.3. The standard InChI is InChI=1S/C29H42F4N2O/c1-7-10-12-13-21(5)28(27-25(30)18-23(19-26(27)36)29(31,32)33)34-16-15-22(6)35-24(14-11-8-2)17-20(4)9-3/h10,12-13,15,18-20,24,35-36H,7-9,11,14,16-17H2,1-6H3/b12-10-,21-13+,22-15+,34-28?. The van der Waals surface area contributed by atoms with Gasteiger partial charge in [-0.25, -0.2) is 4.39 Å². The Morgan fingerprint density at radius 1 is 1.17 bits per heavy atom. The molecule has 2 N–H and O–H groups in total. The molecule has 0 aliphatic heterocycles. The van der Waals surface area contributed by atoms with Gasteiger partial charge in [0, 0.05) is 11.7 Å². The molecular formula is C29H42F4N2O. The average Bonchev–Trinajstić information content (AvgIpc) is 2.80. The molecule has 0 aliphatic carbocycles. The van der Waals surface area contributed by atoms with Crippen LogP contribution in [0.5, 0.6) is 5.75 Å². The molecule has 2 unspecified atom stereocenters. The SMILES string of the molecule is CC/C=C\C=C(/C)C(=NC/C=C(\C)NC(CCCC)CC(C)CC)c1c(O)cc(C(F)(F)F)cc1F. The molecule has 1 rings (SSSR count). The second-order valence-electron chi connectivity index (χ2n) is 9.35. The number of halogens is 4. The van der Waals surface area contributed by atoms with Crippen molar-refractivity contribution >= 4 is 5.71 Å². The highest BCUT2D eigenvalue weighted by Crippen LogP contribution is 2.35. The first kappa shape index (κ1) is 31.5. The highest BCUT2D eigenvalue weighted by Gasteiger charge is 2.33. The molecule has 0 fully saturated rings. The molecule has 0 saturated carbocycles. The fourth-order valence-electron chi connectivity index (χ4n) is 3.83. The Morgan fingerprint density at radius 2 is 1.86 bits per heavy atom. The molecule has 1 aromatic carbocycles. The summed E-state index contributed by atoms with van der Waals surface area (Å²) in [4.78, 5) is 4.49. The van der Waals surface area contributed by atoms with Gasteiger partial charge in [-0.05, 0) is 62.8 Å². The lowest BCUT2D eigenvalue weighted by Gasteiger charge is -2.23. The van der Waals surface area contributed by atoms with Gasteiger partial charge in [-0.3, -0.25) is 4.99 Å². The third kappa shape index (κ3) is 10.6. The van der Waals surface area contributed by atoms with Gasteiger partial charge in [0.25, 0.3) is 0 Å². The maximum absolute atomic E-state index is 14.9. The lowest BCUT2D eigenvalue weighted by Crippen LogP contribution is -2.29. The van der Waals surface area contributed by atoms with E-state index in [9.17, 15) is 22.7 Å². The number of nitrogens with zero attached hydrogens (tertiary/aromatic N) is 1. The van der Waals surface area contributed by atoms with Gasteiger partial charge in [-0.15, -0.1) is 0 Å². The Hall–Kier alpha value is -2.57. The molecule has 0 radical (unpaired) electrons. The maximum Gasteiger partial charge on any atom is 0.416 e. The molecule has 2 atom stereocenters. The van der Waals surface area contributed by atoms with E-state index in [4.69, 9.17) is 0 Å². The minimum absolute atomic E-state index is 0.116. The summed E-state index contributed by atoms with van der Waals surface area (Å²) in [6, 6.07) is 1.28. The third-order valence-electron chi connectivity index (χ3n) is 6.09. The fraction of sp³-hybridized carbons (Fsp3) is 0.552. The van der Waals surface area contributed by atoms with Gasteiger partial charge in [-0.1, -0.05) is 65.2 Å². The van der Waals surface area contributed by atoms with Crippen molar-refractivity contribution in [3.8, 4) is 5.75 Å². The number of aliphatic imine (C=N–C) groups is 1. The Bertz CT molecular complexity index is 922. The molecule has 0 bridgehead atoms. The van der Waals surface area contributed by atoms with E-state index in [1.165, 1.54) is 0 Å². The Morgan fingerprint density at radius 3 is 2.42 bits per heavy atom. The van der Waals surface area contributed by atoms with Crippen LogP contribution in [0.2, 0.25) is 0 Å². The van der Waals surface area contributed by atoms with Gasteiger partial charge in [0.1, 0.15) is 11.6 Å². The Balaban J connectivity index is 3.30. The first-order chi connectivity index (χ1) is 16.9. The van der Waals surface area contributed by atoms with Gasteiger partial charge < -0.3 is 10.4 Å². The normalized spacial score (nSPS) is 15.4. The van der Waals surface area contributed by atoms with E-state index < -0.39 is 23.3 Å². The van der Waals surface area contributed by atoms with Gasteiger partial charge >= 0.3 is 6.18 Å². The number of hydrogen-bond donors (Lipinski definition) is 2. The van der Waals surface area contributed by atoms with E-state index in [-0.39, 0.29) is 17.8 Å². The number of alkyl halides is 3. The number of phenols is 1. The number of hydrogen-bond acceptors (Lipinski definition) is 3. The smallest absolute Gasteiger partial charge is 0.416 e. The van der Waals surface area contributed by atoms with Gasteiger partial charge in [-0.2, -0.15) is 13.2 Å². The minimum atomic E-state index is -4.77. The van der Waals surface area contributed by atoms with Crippen molar-refractivity contribution in [2.24, 2.45) is 10.9 Å². The fourth-order valence-corrected chi connectivity index (χ4v) is 3.83. The van der Waals surface area contributed by atoms with E-state index in [0.29, 0.717) is 29.7 Å². The summed E-state index contributed by atoms with van der Waals surface area (Å²) in [5.41, 5.74) is 0.00814. The topological polar surface area (TPSA) is 44.6 Å². The number of benzene rings is 1. The molecule has 0 spiro atoms. The zero-order valence-corrected chi connectivity index (χ0v) is 22.5. The molecule has 0 aliphatic rings. The molecule has 0 aromatic heterocycles. The third-order valence-corrected chi connectivity index (χ3v) is 6.09. The molecule has 3 nitrogen and oxygen atoms in total. The second-order valence-corrected chi connectivity index (χ2v) is 9.35. The molecule has 7 heteroatoms. The summed E-state index contributed by atoms with van der Waals surface area (Å²) in [7, 11) is 0. The summed E-state index contributed by atoms with van der Waals surface area (Å²) < 4.78 is 54.1. The average molecular weight is 511 g/mol. The molecule has 36 heavy (non-hydrogen) atoms. The van der Waals surface area contributed by atoms with E-state index >= 15 is 0 Å². The lowest BCUT2D eigenvalue weighted by atomic mass is 9.95. The van der Waals surface area contributed by atoms with Crippen LogP contribution in [0.25, 0.3) is 0 Å². The van der Waals surface area contributed by atoms with Crippen LogP contribution >= 0.6 is 0 Å². The first-order valence-electron chi connectivity index (χ1n) is 12.9. The van der Waals surface area contributed by atoms with Crippen LogP contribution in [0, 0.1) is 11.7 Å². The van der Waals surface area contributed by atoms with E-state index in [1.54, 1.807) is 19.1 Å². The number of allylic oxidation sites excluding steroid dienone is 5. The first-order valence-corrected chi connectivity index (χ1v) is 12.9. The minimum Gasteiger partial charge on any atom is -0.507 e. The van der Waals surface area contributed by atoms with Crippen LogP contribution < -0.4 is 5.32 Å². The van der Waals surface area contributed by atoms with Crippen LogP contribution in [0.1, 0.15) is 91.2 Å². The predicted molar refractivity (Wildman–Crippen MR) is 142 cm³/mol. The van der Waals surface area contributed by atoms with Crippen molar-refractivity contribution in [2.45, 2.75) is 92.3 Å². The van der Waals surface area contributed by atoms with Crippen LogP contribution in [-0.4, -0.2) is 23.4 Å². The quantitative estimate of drug-likeness (QED) is 0.149. The number of rotatable bonds is 14. The predicted octanol–water partition coefficient (Wildman–Crippen LogP) is 8.74. The lowest BCUT2D eigenvalue weighted by molar-refractivity contribution is -0.137. The highest BCUT2D eigenvalue weighted by atomic mass is 19.4. The van der Waals surface area contributed by atoms with Gasteiger partial charge in [0.2, 0.25) is 0 Å². The molecule has 0 amide bonds. The summed E-state index contributed by atoms with van der Waals surface area (Å²) >= 11 is 0. The maximum atomic E-state index is 14.9. The van der Waals surface area contributed by atoms with Crippen molar-refractivity contribution in [1.82, 2.24) is 5.32 Å². The van der Waals surface area contributed by atoms with Crippen LogP contribution in [0.15, 0.2) is 52.7 Å². The zero-order valence-electron chi connectivity index (χ0n) is 22.5. The molecule has 1 aromatic rings.